The third kappa shape index (κ3) is 4.55. The lowest BCUT2D eigenvalue weighted by Gasteiger charge is -2.21. The lowest BCUT2D eigenvalue weighted by molar-refractivity contribution is 0.653. The lowest BCUT2D eigenvalue weighted by Crippen LogP contribution is -2.14. The molecule has 54 heavy (non-hydrogen) atoms. The monoisotopic (exact) mass is 693 g/mol. The number of furan rings is 2. The molecule has 0 amide bonds. The Morgan fingerprint density at radius 2 is 1.04 bits per heavy atom. The van der Waals surface area contributed by atoms with Crippen molar-refractivity contribution < 1.29 is 8.83 Å². The van der Waals surface area contributed by atoms with E-state index in [9.17, 15) is 0 Å². The van der Waals surface area contributed by atoms with Crippen LogP contribution >= 0.6 is 0 Å². The van der Waals surface area contributed by atoms with E-state index in [1.54, 1.807) is 0 Å². The van der Waals surface area contributed by atoms with Crippen LogP contribution in [0.4, 0.5) is 11.4 Å². The molecule has 0 fully saturated rings. The highest BCUT2D eigenvalue weighted by Crippen LogP contribution is 2.53. The van der Waals surface area contributed by atoms with Crippen molar-refractivity contribution in [1.82, 2.24) is 0 Å². The maximum atomic E-state index is 6.94. The predicted octanol–water partition coefficient (Wildman–Crippen LogP) is 14.5. The van der Waals surface area contributed by atoms with E-state index in [1.165, 1.54) is 27.8 Å². The Balaban J connectivity index is 1.04. The molecule has 0 saturated heterocycles. The third-order valence-electron chi connectivity index (χ3n) is 11.5. The highest BCUT2D eigenvalue weighted by Gasteiger charge is 2.37. The molecule has 256 valence electrons. The maximum absolute atomic E-state index is 6.94. The summed E-state index contributed by atoms with van der Waals surface area (Å²) in [6.45, 7) is 4.62. The zero-order valence-electron chi connectivity index (χ0n) is 30.0. The van der Waals surface area contributed by atoms with Crippen LogP contribution in [0.5, 0.6) is 0 Å². The molecule has 1 N–H and O–H groups in total. The molecular formula is C51H35NO2. The van der Waals surface area contributed by atoms with Gasteiger partial charge in [-0.3, -0.25) is 0 Å². The minimum atomic E-state index is -0.0936. The average molecular weight is 694 g/mol. The summed E-state index contributed by atoms with van der Waals surface area (Å²) in [5.74, 6) is 0. The lowest BCUT2D eigenvalue weighted by atomic mass is 9.82. The molecule has 10 aromatic rings. The highest BCUT2D eigenvalue weighted by molar-refractivity contribution is 6.15. The van der Waals surface area contributed by atoms with Gasteiger partial charge in [0.2, 0.25) is 0 Å². The van der Waals surface area contributed by atoms with E-state index in [1.807, 2.05) is 12.1 Å². The summed E-state index contributed by atoms with van der Waals surface area (Å²) in [6.07, 6.45) is 0. The first kappa shape index (κ1) is 30.8. The van der Waals surface area contributed by atoms with E-state index in [0.29, 0.717) is 0 Å². The molecule has 1 aliphatic rings. The third-order valence-corrected chi connectivity index (χ3v) is 11.5. The molecule has 0 unspecified atom stereocenters. The molecule has 0 radical (unpaired) electrons. The fourth-order valence-electron chi connectivity index (χ4n) is 8.79. The Morgan fingerprint density at radius 1 is 0.389 bits per heavy atom. The zero-order valence-corrected chi connectivity index (χ0v) is 30.0. The summed E-state index contributed by atoms with van der Waals surface area (Å²) >= 11 is 0. The second-order valence-electron chi connectivity index (χ2n) is 14.9. The molecule has 2 heterocycles. The number of hydrogen-bond acceptors (Lipinski definition) is 3. The summed E-state index contributed by atoms with van der Waals surface area (Å²) in [6, 6.07) is 60.4. The molecule has 0 spiro atoms. The van der Waals surface area contributed by atoms with Crippen LogP contribution < -0.4 is 5.32 Å². The van der Waals surface area contributed by atoms with Crippen molar-refractivity contribution >= 4 is 55.3 Å². The summed E-state index contributed by atoms with van der Waals surface area (Å²) in [7, 11) is 0. The molecule has 0 aliphatic heterocycles. The summed E-state index contributed by atoms with van der Waals surface area (Å²) < 4.78 is 13.3. The summed E-state index contributed by atoms with van der Waals surface area (Å²) in [5.41, 5.74) is 17.3. The number of benzene rings is 8. The first-order chi connectivity index (χ1) is 26.5. The van der Waals surface area contributed by atoms with Gasteiger partial charge in [0.1, 0.15) is 16.7 Å². The van der Waals surface area contributed by atoms with Crippen LogP contribution in [0, 0.1) is 0 Å². The Bertz CT molecular complexity index is 3090. The molecule has 0 atom stereocenters. The molecule has 0 bridgehead atoms. The van der Waals surface area contributed by atoms with Gasteiger partial charge in [-0.15, -0.1) is 0 Å². The van der Waals surface area contributed by atoms with Gasteiger partial charge in [-0.1, -0.05) is 159 Å². The van der Waals surface area contributed by atoms with Crippen molar-refractivity contribution in [2.24, 2.45) is 0 Å². The number of anilines is 2. The van der Waals surface area contributed by atoms with E-state index in [-0.39, 0.29) is 5.41 Å². The van der Waals surface area contributed by atoms with Crippen LogP contribution in [-0.2, 0) is 5.41 Å². The maximum Gasteiger partial charge on any atom is 0.158 e. The Kier molecular flexibility index (Phi) is 6.60. The van der Waals surface area contributed by atoms with Crippen LogP contribution in [0.25, 0.3) is 88.4 Å². The number of fused-ring (bicyclic) bond motifs is 10. The van der Waals surface area contributed by atoms with Crippen molar-refractivity contribution in [1.29, 1.82) is 0 Å². The smallest absolute Gasteiger partial charge is 0.158 e. The fourth-order valence-corrected chi connectivity index (χ4v) is 8.79. The second-order valence-corrected chi connectivity index (χ2v) is 14.9. The molecule has 8 aromatic carbocycles. The van der Waals surface area contributed by atoms with Gasteiger partial charge in [0.05, 0.1) is 5.69 Å². The minimum Gasteiger partial charge on any atom is -0.455 e. The first-order valence-electron chi connectivity index (χ1n) is 18.6. The van der Waals surface area contributed by atoms with Crippen molar-refractivity contribution in [3.05, 3.63) is 181 Å². The Labute approximate surface area is 313 Å². The van der Waals surface area contributed by atoms with Gasteiger partial charge in [-0.25, -0.2) is 0 Å². The van der Waals surface area contributed by atoms with E-state index < -0.39 is 0 Å². The van der Waals surface area contributed by atoms with E-state index >= 15 is 0 Å². The van der Waals surface area contributed by atoms with Crippen molar-refractivity contribution in [3.63, 3.8) is 0 Å². The van der Waals surface area contributed by atoms with Crippen LogP contribution in [0.15, 0.2) is 179 Å². The van der Waals surface area contributed by atoms with Crippen molar-refractivity contribution in [2.75, 3.05) is 5.32 Å². The fraction of sp³-hybridized carbons (Fsp3) is 0.0588. The Morgan fingerprint density at radius 3 is 1.89 bits per heavy atom. The van der Waals surface area contributed by atoms with Crippen LogP contribution in [0.1, 0.15) is 25.0 Å². The van der Waals surface area contributed by atoms with E-state index in [4.69, 9.17) is 8.83 Å². The van der Waals surface area contributed by atoms with Gasteiger partial charge in [0.15, 0.2) is 5.58 Å². The van der Waals surface area contributed by atoms with Crippen molar-refractivity contribution in [2.45, 2.75) is 19.3 Å². The number of para-hydroxylation sites is 3. The molecular weight excluding hydrogens is 659 g/mol. The predicted molar refractivity (Wildman–Crippen MR) is 225 cm³/mol. The number of rotatable bonds is 5. The van der Waals surface area contributed by atoms with Gasteiger partial charge in [0, 0.05) is 49.3 Å². The van der Waals surface area contributed by atoms with Gasteiger partial charge < -0.3 is 14.2 Å². The van der Waals surface area contributed by atoms with E-state index in [0.717, 1.165) is 83.1 Å². The standard InChI is InChI=1S/C51H35NO2/c1-51(2)42-19-8-6-15-40(42)47-43(51)28-27-39-38-18-11-20-45(49(38)54-50(39)47)52-44-29-26-34(31-12-4-3-5-13-31)30-41(44)33-24-22-32(23-25-33)35-16-10-17-37-36-14-7-9-21-46(36)53-48(35)37/h3-30,52H,1-2H3. The SMILES string of the molecule is CC1(C)c2ccccc2-c2c1ccc1c2oc2c(Nc3ccc(-c4ccccc4)cc3-c3ccc(-c4cccc5c4oc4ccccc45)cc3)cccc21. The molecule has 3 heteroatoms. The van der Waals surface area contributed by atoms with Gasteiger partial charge >= 0.3 is 0 Å². The minimum absolute atomic E-state index is 0.0936. The highest BCUT2D eigenvalue weighted by atomic mass is 16.3. The van der Waals surface area contributed by atoms with E-state index in [2.05, 4.69) is 177 Å². The second kappa shape index (κ2) is 11.6. The van der Waals surface area contributed by atoms with Crippen LogP contribution in [-0.4, -0.2) is 0 Å². The quantitative estimate of drug-likeness (QED) is 0.195. The Hall–Kier alpha value is -6.84. The first-order valence-corrected chi connectivity index (χ1v) is 18.6. The van der Waals surface area contributed by atoms with Gasteiger partial charge in [-0.2, -0.15) is 0 Å². The summed E-state index contributed by atoms with van der Waals surface area (Å²) in [5, 5.41) is 8.34. The average Bonchev–Trinajstić information content (AvgIpc) is 3.87. The molecule has 1 aliphatic carbocycles. The molecule has 3 nitrogen and oxygen atoms in total. The molecule has 11 rings (SSSR count). The van der Waals surface area contributed by atoms with Crippen LogP contribution in [0.2, 0.25) is 0 Å². The largest absolute Gasteiger partial charge is 0.455 e. The van der Waals surface area contributed by atoms with Gasteiger partial charge in [0.25, 0.3) is 0 Å². The normalized spacial score (nSPS) is 13.1. The van der Waals surface area contributed by atoms with Gasteiger partial charge in [-0.05, 0) is 63.2 Å². The summed E-state index contributed by atoms with van der Waals surface area (Å²) in [4.78, 5) is 0. The van der Waals surface area contributed by atoms with Crippen molar-refractivity contribution in [3.8, 4) is 44.5 Å². The molecule has 2 aromatic heterocycles. The number of hydrogen-bond donors (Lipinski definition) is 1. The molecule has 0 saturated carbocycles. The number of nitrogens with one attached hydrogen (secondary N) is 1. The topological polar surface area (TPSA) is 38.3 Å². The zero-order chi connectivity index (χ0) is 36.0. The van der Waals surface area contributed by atoms with Crippen LogP contribution in [0.3, 0.4) is 0 Å².